The highest BCUT2D eigenvalue weighted by atomic mass is 16.6. The van der Waals surface area contributed by atoms with Gasteiger partial charge in [0.25, 0.3) is 0 Å². The van der Waals surface area contributed by atoms with E-state index in [1.807, 2.05) is 0 Å². The minimum Gasteiger partial charge on any atom is -0.430 e. The molecule has 1 aliphatic rings. The average Bonchev–Trinajstić information content (AvgIpc) is 3.06. The van der Waals surface area contributed by atoms with Crippen molar-refractivity contribution in [2.24, 2.45) is 5.92 Å². The standard InChI is InChI=1S/C44H80O2/c1-3-5-7-9-11-13-15-17-19-21-23-25-27-29-31-33-35-37-39-41-43-42(44(45)46-43)40-38-36-34-32-30-28-26-24-22-20-18-16-14-12-10-8-6-4-2/h27-30,41-42H,3-26,31-40H2,1-2H3/b29-27+,30-28+,43-41+. The van der Waals surface area contributed by atoms with Crippen LogP contribution in [0.5, 0.6) is 0 Å². The van der Waals surface area contributed by atoms with Crippen LogP contribution in [0.3, 0.4) is 0 Å². The zero-order chi connectivity index (χ0) is 33.0. The predicted octanol–water partition coefficient (Wildman–Crippen LogP) is 15.5. The molecule has 1 fully saturated rings. The Balaban J connectivity index is 1.85. The molecule has 1 aliphatic heterocycles. The van der Waals surface area contributed by atoms with Gasteiger partial charge in [0.1, 0.15) is 11.7 Å². The Morgan fingerprint density at radius 3 is 1.09 bits per heavy atom. The van der Waals surface area contributed by atoms with Crippen molar-refractivity contribution in [3.05, 3.63) is 36.1 Å². The molecule has 0 bridgehead atoms. The van der Waals surface area contributed by atoms with E-state index in [1.54, 1.807) is 0 Å². The van der Waals surface area contributed by atoms with Gasteiger partial charge < -0.3 is 4.74 Å². The van der Waals surface area contributed by atoms with E-state index in [0.29, 0.717) is 0 Å². The van der Waals surface area contributed by atoms with Crippen molar-refractivity contribution in [1.29, 1.82) is 0 Å². The topological polar surface area (TPSA) is 26.3 Å². The molecule has 268 valence electrons. The first-order chi connectivity index (χ1) is 22.8. The second kappa shape index (κ2) is 35.0. The summed E-state index contributed by atoms with van der Waals surface area (Å²) in [5.41, 5.74) is 0. The molecular weight excluding hydrogens is 560 g/mol. The molecule has 2 heteroatoms. The number of rotatable bonds is 36. The van der Waals surface area contributed by atoms with Gasteiger partial charge in [0.2, 0.25) is 0 Å². The maximum atomic E-state index is 12.0. The SMILES string of the molecule is CCCCCCCCCCCCC/C=C/CCCCC/C=C1/OC(=O)C1CCCCC/C=C/CCCCCCCCCCCCC. The number of esters is 1. The third-order valence-electron chi connectivity index (χ3n) is 9.91. The highest BCUT2D eigenvalue weighted by Gasteiger charge is 2.36. The van der Waals surface area contributed by atoms with Crippen molar-refractivity contribution in [1.82, 2.24) is 0 Å². The van der Waals surface area contributed by atoms with E-state index in [-0.39, 0.29) is 11.9 Å². The number of hydrogen-bond donors (Lipinski definition) is 0. The average molecular weight is 641 g/mol. The lowest BCUT2D eigenvalue weighted by Crippen LogP contribution is -2.32. The van der Waals surface area contributed by atoms with Crippen LogP contribution >= 0.6 is 0 Å². The minimum absolute atomic E-state index is 0.000983. The summed E-state index contributed by atoms with van der Waals surface area (Å²) >= 11 is 0. The van der Waals surface area contributed by atoms with Gasteiger partial charge in [0, 0.05) is 0 Å². The minimum atomic E-state index is 0.000983. The zero-order valence-corrected chi connectivity index (χ0v) is 31.3. The van der Waals surface area contributed by atoms with E-state index in [9.17, 15) is 4.79 Å². The number of cyclic esters (lactones) is 1. The number of ether oxygens (including phenoxy) is 1. The van der Waals surface area contributed by atoms with Crippen LogP contribution in [-0.4, -0.2) is 5.97 Å². The summed E-state index contributed by atoms with van der Waals surface area (Å²) in [5, 5.41) is 0. The Hall–Kier alpha value is -1.31. The molecule has 2 nitrogen and oxygen atoms in total. The normalized spacial score (nSPS) is 15.8. The van der Waals surface area contributed by atoms with E-state index < -0.39 is 0 Å². The third kappa shape index (κ3) is 27.8. The maximum Gasteiger partial charge on any atom is 0.321 e. The largest absolute Gasteiger partial charge is 0.430 e. The van der Waals surface area contributed by atoms with Gasteiger partial charge in [-0.15, -0.1) is 0 Å². The highest BCUT2D eigenvalue weighted by molar-refractivity contribution is 5.82. The van der Waals surface area contributed by atoms with Crippen LogP contribution in [0.4, 0.5) is 0 Å². The van der Waals surface area contributed by atoms with Crippen LogP contribution in [0, 0.1) is 5.92 Å². The summed E-state index contributed by atoms with van der Waals surface area (Å²) in [5.74, 6) is 1.01. The molecule has 0 radical (unpaired) electrons. The Bertz CT molecular complexity index is 732. The molecule has 0 aromatic carbocycles. The molecule has 1 saturated heterocycles. The summed E-state index contributed by atoms with van der Waals surface area (Å²) in [4.78, 5) is 12.0. The van der Waals surface area contributed by atoms with Crippen molar-refractivity contribution in [2.45, 2.75) is 232 Å². The summed E-state index contributed by atoms with van der Waals surface area (Å²) in [6, 6.07) is 0. The molecule has 0 aromatic heterocycles. The molecule has 0 amide bonds. The van der Waals surface area contributed by atoms with Crippen LogP contribution in [0.15, 0.2) is 36.1 Å². The molecule has 1 rings (SSSR count). The van der Waals surface area contributed by atoms with Crippen molar-refractivity contribution >= 4 is 5.97 Å². The molecule has 0 N–H and O–H groups in total. The lowest BCUT2D eigenvalue weighted by atomic mass is 9.93. The molecule has 1 atom stereocenters. The van der Waals surface area contributed by atoms with Crippen molar-refractivity contribution < 1.29 is 9.53 Å². The fourth-order valence-electron chi connectivity index (χ4n) is 6.70. The van der Waals surface area contributed by atoms with Gasteiger partial charge in [0.05, 0.1) is 0 Å². The number of unbranched alkanes of at least 4 members (excludes halogenated alkanes) is 29. The van der Waals surface area contributed by atoms with Gasteiger partial charge in [-0.2, -0.15) is 0 Å². The monoisotopic (exact) mass is 641 g/mol. The fourth-order valence-corrected chi connectivity index (χ4v) is 6.70. The van der Waals surface area contributed by atoms with Crippen molar-refractivity contribution in [2.75, 3.05) is 0 Å². The van der Waals surface area contributed by atoms with Gasteiger partial charge in [0.15, 0.2) is 0 Å². The molecule has 1 unspecified atom stereocenters. The maximum absolute atomic E-state index is 12.0. The Kier molecular flexibility index (Phi) is 32.5. The first kappa shape index (κ1) is 42.7. The van der Waals surface area contributed by atoms with E-state index in [0.717, 1.165) is 25.0 Å². The van der Waals surface area contributed by atoms with Gasteiger partial charge in [-0.25, -0.2) is 0 Å². The second-order valence-corrected chi connectivity index (χ2v) is 14.4. The van der Waals surface area contributed by atoms with Crippen LogP contribution in [0.2, 0.25) is 0 Å². The Labute approximate surface area is 289 Å². The number of carbonyl (C=O) groups excluding carboxylic acids is 1. The van der Waals surface area contributed by atoms with Gasteiger partial charge in [-0.3, -0.25) is 4.79 Å². The smallest absolute Gasteiger partial charge is 0.321 e. The van der Waals surface area contributed by atoms with E-state index in [4.69, 9.17) is 4.74 Å². The van der Waals surface area contributed by atoms with Crippen LogP contribution in [0.1, 0.15) is 232 Å². The molecule has 1 heterocycles. The van der Waals surface area contributed by atoms with Gasteiger partial charge in [-0.1, -0.05) is 186 Å². The van der Waals surface area contributed by atoms with E-state index in [2.05, 4.69) is 44.2 Å². The summed E-state index contributed by atoms with van der Waals surface area (Å²) in [7, 11) is 0. The van der Waals surface area contributed by atoms with Crippen LogP contribution in [-0.2, 0) is 9.53 Å². The summed E-state index contributed by atoms with van der Waals surface area (Å²) in [6.45, 7) is 4.59. The van der Waals surface area contributed by atoms with Gasteiger partial charge in [-0.05, 0) is 76.7 Å². The Morgan fingerprint density at radius 2 is 0.717 bits per heavy atom. The molecule has 0 spiro atoms. The fraction of sp³-hybridized carbons (Fsp3) is 0.841. The molecule has 0 saturated carbocycles. The van der Waals surface area contributed by atoms with E-state index >= 15 is 0 Å². The molecular formula is C44H80O2. The van der Waals surface area contributed by atoms with E-state index in [1.165, 1.54) is 199 Å². The lowest BCUT2D eigenvalue weighted by molar-refractivity contribution is -0.157. The third-order valence-corrected chi connectivity index (χ3v) is 9.91. The van der Waals surface area contributed by atoms with Crippen molar-refractivity contribution in [3.8, 4) is 0 Å². The lowest BCUT2D eigenvalue weighted by Gasteiger charge is -2.28. The van der Waals surface area contributed by atoms with Crippen molar-refractivity contribution in [3.63, 3.8) is 0 Å². The number of hydrogen-bond acceptors (Lipinski definition) is 2. The number of carbonyl (C=O) groups is 1. The predicted molar refractivity (Wildman–Crippen MR) is 204 cm³/mol. The highest BCUT2D eigenvalue weighted by Crippen LogP contribution is 2.32. The van der Waals surface area contributed by atoms with Gasteiger partial charge >= 0.3 is 5.97 Å². The second-order valence-electron chi connectivity index (χ2n) is 14.4. The van der Waals surface area contributed by atoms with Crippen LogP contribution in [0.25, 0.3) is 0 Å². The molecule has 0 aliphatic carbocycles. The quantitative estimate of drug-likeness (QED) is 0.0387. The summed E-state index contributed by atoms with van der Waals surface area (Å²) < 4.78 is 5.38. The summed E-state index contributed by atoms with van der Waals surface area (Å²) in [6.07, 6.45) is 57.2. The Morgan fingerprint density at radius 1 is 0.413 bits per heavy atom. The first-order valence-electron chi connectivity index (χ1n) is 21.0. The first-order valence-corrected chi connectivity index (χ1v) is 21.0. The number of allylic oxidation sites excluding steroid dienone is 5. The molecule has 0 aromatic rings. The molecule has 46 heavy (non-hydrogen) atoms. The zero-order valence-electron chi connectivity index (χ0n) is 31.3. The van der Waals surface area contributed by atoms with Crippen LogP contribution < -0.4 is 0 Å².